The van der Waals surface area contributed by atoms with Crippen LogP contribution < -0.4 is 0 Å². The van der Waals surface area contributed by atoms with Gasteiger partial charge in [-0.25, -0.2) is 9.37 Å². The SMILES string of the molecule is CCc1cccc(-c2cc3cc(CC(=O)c4n[nH]c(C)c4C)cnc3[nH]2)c1F. The number of benzene rings is 1. The number of hydrogen-bond acceptors (Lipinski definition) is 3. The zero-order valence-electron chi connectivity index (χ0n) is 16.1. The number of pyridine rings is 1. The fraction of sp³-hybridized carbons (Fsp3) is 0.227. The molecular formula is C22H21FN4O. The summed E-state index contributed by atoms with van der Waals surface area (Å²) in [6.07, 6.45) is 2.53. The van der Waals surface area contributed by atoms with Crippen molar-refractivity contribution in [3.05, 3.63) is 70.4 Å². The number of nitrogens with zero attached hydrogens (tertiary/aromatic N) is 2. The van der Waals surface area contributed by atoms with E-state index in [-0.39, 0.29) is 18.0 Å². The standard InChI is InChI=1S/C22H21FN4O/c1-4-15-6-5-7-17(20(15)23)18-10-16-8-14(11-24-22(16)25-18)9-19(28)21-12(2)13(3)26-27-21/h5-8,10-11H,4,9H2,1-3H3,(H,24,25)(H,26,27). The maximum absolute atomic E-state index is 14.7. The highest BCUT2D eigenvalue weighted by molar-refractivity contribution is 5.97. The van der Waals surface area contributed by atoms with E-state index >= 15 is 0 Å². The van der Waals surface area contributed by atoms with E-state index in [1.54, 1.807) is 18.3 Å². The minimum Gasteiger partial charge on any atom is -0.339 e. The normalized spacial score (nSPS) is 11.3. The minimum atomic E-state index is -0.212. The Hall–Kier alpha value is -3.28. The summed E-state index contributed by atoms with van der Waals surface area (Å²) in [6, 6.07) is 9.19. The molecular weight excluding hydrogens is 355 g/mol. The Morgan fingerprint density at radius 2 is 2.04 bits per heavy atom. The molecule has 0 bridgehead atoms. The van der Waals surface area contributed by atoms with Crippen molar-refractivity contribution in [3.8, 4) is 11.3 Å². The number of aromatic nitrogens is 4. The van der Waals surface area contributed by atoms with Crippen LogP contribution in [0.2, 0.25) is 0 Å². The van der Waals surface area contributed by atoms with Crippen LogP contribution >= 0.6 is 0 Å². The Balaban J connectivity index is 1.65. The highest BCUT2D eigenvalue weighted by Crippen LogP contribution is 2.28. The molecule has 0 fully saturated rings. The van der Waals surface area contributed by atoms with Crippen LogP contribution in [0.3, 0.4) is 0 Å². The van der Waals surface area contributed by atoms with Crippen molar-refractivity contribution in [3.63, 3.8) is 0 Å². The van der Waals surface area contributed by atoms with Gasteiger partial charge < -0.3 is 4.98 Å². The number of halogens is 1. The van der Waals surface area contributed by atoms with Gasteiger partial charge in [0.15, 0.2) is 5.78 Å². The van der Waals surface area contributed by atoms with E-state index in [0.29, 0.717) is 34.6 Å². The summed E-state index contributed by atoms with van der Waals surface area (Å²) in [4.78, 5) is 20.1. The molecule has 0 saturated carbocycles. The number of nitrogens with one attached hydrogen (secondary N) is 2. The van der Waals surface area contributed by atoms with Gasteiger partial charge in [0, 0.05) is 34.8 Å². The van der Waals surface area contributed by atoms with Crippen LogP contribution in [0, 0.1) is 19.7 Å². The predicted octanol–water partition coefficient (Wildman–Crippen LogP) is 4.70. The van der Waals surface area contributed by atoms with E-state index in [9.17, 15) is 9.18 Å². The number of fused-ring (bicyclic) bond motifs is 1. The molecule has 0 unspecified atom stereocenters. The van der Waals surface area contributed by atoms with E-state index in [4.69, 9.17) is 0 Å². The lowest BCUT2D eigenvalue weighted by atomic mass is 10.0. The fourth-order valence-electron chi connectivity index (χ4n) is 3.39. The third-order valence-corrected chi connectivity index (χ3v) is 5.16. The second kappa shape index (κ2) is 7.03. The molecule has 0 spiro atoms. The van der Waals surface area contributed by atoms with Crippen molar-refractivity contribution >= 4 is 16.8 Å². The first-order valence-electron chi connectivity index (χ1n) is 9.28. The van der Waals surface area contributed by atoms with E-state index in [2.05, 4.69) is 20.2 Å². The Bertz CT molecular complexity index is 1190. The summed E-state index contributed by atoms with van der Waals surface area (Å²) in [6.45, 7) is 5.70. The Labute approximate surface area is 162 Å². The van der Waals surface area contributed by atoms with Crippen molar-refractivity contribution in [2.45, 2.75) is 33.6 Å². The van der Waals surface area contributed by atoms with Crippen molar-refractivity contribution in [2.24, 2.45) is 0 Å². The third-order valence-electron chi connectivity index (χ3n) is 5.16. The van der Waals surface area contributed by atoms with E-state index in [0.717, 1.165) is 22.2 Å². The molecule has 28 heavy (non-hydrogen) atoms. The van der Waals surface area contributed by atoms with Gasteiger partial charge in [0.2, 0.25) is 0 Å². The number of carbonyl (C=O) groups is 1. The van der Waals surface area contributed by atoms with Crippen LogP contribution in [0.5, 0.6) is 0 Å². The molecule has 0 saturated heterocycles. The van der Waals surface area contributed by atoms with Gasteiger partial charge in [-0.3, -0.25) is 9.89 Å². The molecule has 0 radical (unpaired) electrons. The second-order valence-corrected chi connectivity index (χ2v) is 7.02. The van der Waals surface area contributed by atoms with Crippen LogP contribution in [0.25, 0.3) is 22.3 Å². The van der Waals surface area contributed by atoms with Crippen LogP contribution in [0.1, 0.15) is 39.8 Å². The number of H-pyrrole nitrogens is 2. The van der Waals surface area contributed by atoms with Gasteiger partial charge in [-0.2, -0.15) is 5.10 Å². The molecule has 6 heteroatoms. The zero-order chi connectivity index (χ0) is 19.8. The first-order chi connectivity index (χ1) is 13.5. The number of aryl methyl sites for hydroxylation is 2. The molecule has 2 N–H and O–H groups in total. The highest BCUT2D eigenvalue weighted by Gasteiger charge is 2.16. The van der Waals surface area contributed by atoms with E-state index in [1.165, 1.54) is 0 Å². The number of Topliss-reactive ketones (excluding diaryl/α,β-unsaturated/α-hetero) is 1. The smallest absolute Gasteiger partial charge is 0.187 e. The average molecular weight is 376 g/mol. The van der Waals surface area contributed by atoms with E-state index < -0.39 is 0 Å². The lowest BCUT2D eigenvalue weighted by Gasteiger charge is -2.04. The number of rotatable bonds is 5. The number of aromatic amines is 2. The highest BCUT2D eigenvalue weighted by atomic mass is 19.1. The molecule has 0 aliphatic carbocycles. The van der Waals surface area contributed by atoms with E-state index in [1.807, 2.05) is 39.0 Å². The Kier molecular flexibility index (Phi) is 4.55. The molecule has 0 aliphatic heterocycles. The van der Waals surface area contributed by atoms with Crippen LogP contribution in [-0.4, -0.2) is 25.9 Å². The third kappa shape index (κ3) is 3.11. The molecule has 3 heterocycles. The summed E-state index contributed by atoms with van der Waals surface area (Å²) in [5, 5.41) is 7.79. The van der Waals surface area contributed by atoms with Crippen LogP contribution in [-0.2, 0) is 12.8 Å². The lowest BCUT2D eigenvalue weighted by Crippen LogP contribution is -2.06. The summed E-state index contributed by atoms with van der Waals surface area (Å²) in [5.41, 5.74) is 5.57. The van der Waals surface area contributed by atoms with Crippen molar-refractivity contribution in [2.75, 3.05) is 0 Å². The topological polar surface area (TPSA) is 74.4 Å². The Morgan fingerprint density at radius 1 is 1.21 bits per heavy atom. The van der Waals surface area contributed by atoms with Gasteiger partial charge in [0.1, 0.15) is 17.2 Å². The largest absolute Gasteiger partial charge is 0.339 e. The van der Waals surface area contributed by atoms with Gasteiger partial charge >= 0.3 is 0 Å². The molecule has 3 aromatic heterocycles. The first kappa shape index (κ1) is 18.1. The lowest BCUT2D eigenvalue weighted by molar-refractivity contribution is 0.0987. The van der Waals surface area contributed by atoms with Crippen molar-refractivity contribution < 1.29 is 9.18 Å². The van der Waals surface area contributed by atoms with Crippen LogP contribution in [0.4, 0.5) is 4.39 Å². The monoisotopic (exact) mass is 376 g/mol. The summed E-state index contributed by atoms with van der Waals surface area (Å²) >= 11 is 0. The van der Waals surface area contributed by atoms with Crippen LogP contribution in [0.15, 0.2) is 36.5 Å². The number of ketones is 1. The zero-order valence-corrected chi connectivity index (χ0v) is 16.1. The number of hydrogen-bond donors (Lipinski definition) is 2. The van der Waals surface area contributed by atoms with Crippen molar-refractivity contribution in [1.29, 1.82) is 0 Å². The molecule has 4 rings (SSSR count). The summed E-state index contributed by atoms with van der Waals surface area (Å²) < 4.78 is 14.7. The van der Waals surface area contributed by atoms with Gasteiger partial charge in [-0.15, -0.1) is 0 Å². The van der Waals surface area contributed by atoms with Gasteiger partial charge in [-0.1, -0.05) is 19.1 Å². The number of carbonyl (C=O) groups excluding carboxylic acids is 1. The average Bonchev–Trinajstić information content (AvgIpc) is 3.25. The quantitative estimate of drug-likeness (QED) is 0.496. The van der Waals surface area contributed by atoms with Gasteiger partial charge in [0.25, 0.3) is 0 Å². The second-order valence-electron chi connectivity index (χ2n) is 7.02. The summed E-state index contributed by atoms with van der Waals surface area (Å²) in [5.74, 6) is -0.267. The molecule has 142 valence electrons. The molecule has 0 atom stereocenters. The molecule has 0 aliphatic rings. The summed E-state index contributed by atoms with van der Waals surface area (Å²) in [7, 11) is 0. The minimum absolute atomic E-state index is 0.0551. The molecule has 5 nitrogen and oxygen atoms in total. The maximum atomic E-state index is 14.7. The molecule has 4 aromatic rings. The molecule has 0 amide bonds. The van der Waals surface area contributed by atoms with Gasteiger partial charge in [0.05, 0.1) is 5.69 Å². The fourth-order valence-corrected chi connectivity index (χ4v) is 3.39. The van der Waals surface area contributed by atoms with Gasteiger partial charge in [-0.05, 0) is 49.6 Å². The Morgan fingerprint density at radius 3 is 2.75 bits per heavy atom. The first-order valence-corrected chi connectivity index (χ1v) is 9.28. The molecule has 1 aromatic carbocycles. The predicted molar refractivity (Wildman–Crippen MR) is 107 cm³/mol. The maximum Gasteiger partial charge on any atom is 0.187 e. The van der Waals surface area contributed by atoms with Crippen molar-refractivity contribution in [1.82, 2.24) is 20.2 Å².